The van der Waals surface area contributed by atoms with E-state index < -0.39 is 0 Å². The van der Waals surface area contributed by atoms with E-state index >= 15 is 0 Å². The Hall–Kier alpha value is -2.28. The molecule has 0 aliphatic carbocycles. The number of fused-ring (bicyclic) bond motifs is 1. The van der Waals surface area contributed by atoms with Gasteiger partial charge in [-0.2, -0.15) is 5.10 Å². The Morgan fingerprint density at radius 3 is 3.08 bits per heavy atom. The van der Waals surface area contributed by atoms with Crippen molar-refractivity contribution in [2.45, 2.75) is 38.8 Å². The SMILES string of the molecule is CCc1nc2n(n1)CCCC2NC(=O)Nc1cccc(Cl)c1OC. The van der Waals surface area contributed by atoms with Crippen LogP contribution in [0.3, 0.4) is 0 Å². The number of para-hydroxylation sites is 1. The molecule has 2 amide bonds. The monoisotopic (exact) mass is 349 g/mol. The molecular weight excluding hydrogens is 330 g/mol. The molecule has 24 heavy (non-hydrogen) atoms. The predicted molar refractivity (Wildman–Crippen MR) is 91.5 cm³/mol. The second kappa shape index (κ2) is 7.09. The summed E-state index contributed by atoms with van der Waals surface area (Å²) < 4.78 is 7.12. The molecule has 1 aliphatic rings. The Morgan fingerprint density at radius 2 is 2.33 bits per heavy atom. The van der Waals surface area contributed by atoms with Gasteiger partial charge in [-0.05, 0) is 25.0 Å². The van der Waals surface area contributed by atoms with Crippen LogP contribution in [0.25, 0.3) is 0 Å². The van der Waals surface area contributed by atoms with Crippen molar-refractivity contribution in [1.82, 2.24) is 20.1 Å². The number of amides is 2. The molecule has 0 fully saturated rings. The number of hydrogen-bond donors (Lipinski definition) is 2. The number of hydrogen-bond acceptors (Lipinski definition) is 4. The number of halogens is 1. The lowest BCUT2D eigenvalue weighted by Crippen LogP contribution is -2.36. The van der Waals surface area contributed by atoms with Crippen molar-refractivity contribution in [3.05, 3.63) is 34.9 Å². The molecule has 2 heterocycles. The molecule has 1 unspecified atom stereocenters. The number of carbonyl (C=O) groups excluding carboxylic acids is 1. The van der Waals surface area contributed by atoms with Crippen molar-refractivity contribution in [2.24, 2.45) is 0 Å². The fourth-order valence-corrected chi connectivity index (χ4v) is 3.07. The largest absolute Gasteiger partial charge is 0.493 e. The average molecular weight is 350 g/mol. The lowest BCUT2D eigenvalue weighted by atomic mass is 10.1. The first-order valence-corrected chi connectivity index (χ1v) is 8.33. The summed E-state index contributed by atoms with van der Waals surface area (Å²) in [4.78, 5) is 16.9. The Morgan fingerprint density at radius 1 is 1.50 bits per heavy atom. The zero-order chi connectivity index (χ0) is 17.1. The van der Waals surface area contributed by atoms with E-state index in [1.165, 1.54) is 7.11 Å². The van der Waals surface area contributed by atoms with Crippen molar-refractivity contribution in [2.75, 3.05) is 12.4 Å². The Balaban J connectivity index is 1.73. The molecule has 2 N–H and O–H groups in total. The summed E-state index contributed by atoms with van der Waals surface area (Å²) in [5, 5.41) is 10.6. The first-order chi connectivity index (χ1) is 11.6. The van der Waals surface area contributed by atoms with Crippen molar-refractivity contribution in [3.8, 4) is 5.75 Å². The number of aromatic nitrogens is 3. The van der Waals surface area contributed by atoms with Gasteiger partial charge in [0.15, 0.2) is 11.6 Å². The van der Waals surface area contributed by atoms with Gasteiger partial charge in [0.05, 0.1) is 23.9 Å². The highest BCUT2D eigenvalue weighted by molar-refractivity contribution is 6.32. The van der Waals surface area contributed by atoms with Gasteiger partial charge in [0.2, 0.25) is 0 Å². The molecule has 2 aromatic rings. The first kappa shape index (κ1) is 16.6. The number of carbonyl (C=O) groups is 1. The number of aryl methyl sites for hydroxylation is 2. The average Bonchev–Trinajstić information content (AvgIpc) is 2.99. The molecule has 0 spiro atoms. The minimum atomic E-state index is -0.324. The van der Waals surface area contributed by atoms with Gasteiger partial charge in [0, 0.05) is 13.0 Å². The molecular formula is C16H20ClN5O2. The van der Waals surface area contributed by atoms with Crippen LogP contribution in [0.2, 0.25) is 5.02 Å². The molecule has 7 nitrogen and oxygen atoms in total. The van der Waals surface area contributed by atoms with Crippen LogP contribution < -0.4 is 15.4 Å². The molecule has 1 aromatic heterocycles. The predicted octanol–water partition coefficient (Wildman–Crippen LogP) is 3.16. The molecule has 0 radical (unpaired) electrons. The van der Waals surface area contributed by atoms with Crippen LogP contribution >= 0.6 is 11.6 Å². The van der Waals surface area contributed by atoms with Crippen LogP contribution in [-0.4, -0.2) is 27.9 Å². The van der Waals surface area contributed by atoms with Crippen molar-refractivity contribution < 1.29 is 9.53 Å². The number of nitrogens with zero attached hydrogens (tertiary/aromatic N) is 3. The molecule has 8 heteroatoms. The van der Waals surface area contributed by atoms with Crippen LogP contribution in [0.1, 0.15) is 37.5 Å². The number of anilines is 1. The summed E-state index contributed by atoms with van der Waals surface area (Å²) >= 11 is 6.07. The maximum atomic E-state index is 12.4. The van der Waals surface area contributed by atoms with Crippen molar-refractivity contribution in [3.63, 3.8) is 0 Å². The van der Waals surface area contributed by atoms with Gasteiger partial charge in [-0.25, -0.2) is 14.5 Å². The Labute approximate surface area is 145 Å². The van der Waals surface area contributed by atoms with E-state index in [1.54, 1.807) is 18.2 Å². The highest BCUT2D eigenvalue weighted by Gasteiger charge is 2.25. The molecule has 128 valence electrons. The second-order valence-electron chi connectivity index (χ2n) is 5.58. The van der Waals surface area contributed by atoms with Gasteiger partial charge in [0.1, 0.15) is 5.82 Å². The van der Waals surface area contributed by atoms with E-state index in [1.807, 2.05) is 11.6 Å². The lowest BCUT2D eigenvalue weighted by molar-refractivity contribution is 0.244. The highest BCUT2D eigenvalue weighted by Crippen LogP contribution is 2.32. The highest BCUT2D eigenvalue weighted by atomic mass is 35.5. The molecule has 1 atom stereocenters. The van der Waals surface area contributed by atoms with Gasteiger partial charge in [-0.3, -0.25) is 0 Å². The summed E-state index contributed by atoms with van der Waals surface area (Å²) in [6, 6.07) is 4.72. The van der Waals surface area contributed by atoms with E-state index in [2.05, 4.69) is 20.7 Å². The summed E-state index contributed by atoms with van der Waals surface area (Å²) in [7, 11) is 1.51. The van der Waals surface area contributed by atoms with E-state index in [4.69, 9.17) is 16.3 Å². The third kappa shape index (κ3) is 3.31. The van der Waals surface area contributed by atoms with Crippen LogP contribution in [0.4, 0.5) is 10.5 Å². The fourth-order valence-electron chi connectivity index (χ4n) is 2.82. The molecule has 0 saturated heterocycles. The zero-order valence-corrected chi connectivity index (χ0v) is 14.4. The molecule has 1 aromatic carbocycles. The lowest BCUT2D eigenvalue weighted by Gasteiger charge is -2.23. The number of benzene rings is 1. The minimum Gasteiger partial charge on any atom is -0.493 e. The second-order valence-corrected chi connectivity index (χ2v) is 5.98. The van der Waals surface area contributed by atoms with Gasteiger partial charge < -0.3 is 15.4 Å². The standard InChI is InChI=1S/C16H20ClN5O2/c1-3-13-20-15-12(8-5-9-22(15)21-13)19-16(23)18-11-7-4-6-10(17)14(11)24-2/h4,6-7,12H,3,5,8-9H2,1-2H3,(H2,18,19,23). The quantitative estimate of drug-likeness (QED) is 0.888. The van der Waals surface area contributed by atoms with E-state index in [0.29, 0.717) is 16.5 Å². The normalized spacial score (nSPS) is 16.4. The molecule has 1 aliphatic heterocycles. The van der Waals surface area contributed by atoms with Gasteiger partial charge >= 0.3 is 6.03 Å². The topological polar surface area (TPSA) is 81.1 Å². The number of rotatable bonds is 4. The Kier molecular flexibility index (Phi) is 4.89. The Bertz CT molecular complexity index is 746. The maximum absolute atomic E-state index is 12.4. The first-order valence-electron chi connectivity index (χ1n) is 7.96. The van der Waals surface area contributed by atoms with Gasteiger partial charge in [0.25, 0.3) is 0 Å². The van der Waals surface area contributed by atoms with Gasteiger partial charge in [-0.1, -0.05) is 24.6 Å². The van der Waals surface area contributed by atoms with E-state index in [0.717, 1.165) is 37.5 Å². The van der Waals surface area contributed by atoms with Crippen molar-refractivity contribution in [1.29, 1.82) is 0 Å². The van der Waals surface area contributed by atoms with E-state index in [-0.39, 0.29) is 12.1 Å². The maximum Gasteiger partial charge on any atom is 0.319 e. The summed E-state index contributed by atoms with van der Waals surface area (Å²) in [5.41, 5.74) is 0.522. The third-order valence-electron chi connectivity index (χ3n) is 3.96. The molecule has 0 saturated carbocycles. The fraction of sp³-hybridized carbons (Fsp3) is 0.438. The minimum absolute atomic E-state index is 0.156. The summed E-state index contributed by atoms with van der Waals surface area (Å²) in [5.74, 6) is 2.05. The van der Waals surface area contributed by atoms with Crippen LogP contribution in [0.15, 0.2) is 18.2 Å². The summed E-state index contributed by atoms with van der Waals surface area (Å²) in [6.45, 7) is 2.85. The summed E-state index contributed by atoms with van der Waals surface area (Å²) in [6.07, 6.45) is 2.56. The number of urea groups is 1. The van der Waals surface area contributed by atoms with Crippen LogP contribution in [0, 0.1) is 0 Å². The van der Waals surface area contributed by atoms with Gasteiger partial charge in [-0.15, -0.1) is 0 Å². The number of nitrogens with one attached hydrogen (secondary N) is 2. The number of methoxy groups -OCH3 is 1. The molecule has 0 bridgehead atoms. The third-order valence-corrected chi connectivity index (χ3v) is 4.26. The number of ether oxygens (including phenoxy) is 1. The van der Waals surface area contributed by atoms with Crippen LogP contribution in [0.5, 0.6) is 5.75 Å². The van der Waals surface area contributed by atoms with Crippen LogP contribution in [-0.2, 0) is 13.0 Å². The zero-order valence-electron chi connectivity index (χ0n) is 13.7. The van der Waals surface area contributed by atoms with Crippen molar-refractivity contribution >= 4 is 23.3 Å². The molecule has 3 rings (SSSR count). The smallest absolute Gasteiger partial charge is 0.319 e. The van der Waals surface area contributed by atoms with E-state index in [9.17, 15) is 4.79 Å².